The maximum atomic E-state index is 12.6. The summed E-state index contributed by atoms with van der Waals surface area (Å²) in [6.45, 7) is 8.02. The summed E-state index contributed by atoms with van der Waals surface area (Å²) < 4.78 is 28.0. The minimum atomic E-state index is -3.48. The van der Waals surface area contributed by atoms with E-state index in [0.29, 0.717) is 10.8 Å². The van der Waals surface area contributed by atoms with E-state index in [1.807, 2.05) is 32.9 Å². The topological polar surface area (TPSA) is 96.0 Å². The molecular formula is C24H43N4O2S+3. The summed E-state index contributed by atoms with van der Waals surface area (Å²) in [5.74, 6) is 1.27. The Morgan fingerprint density at radius 2 is 1.77 bits per heavy atom. The largest absolute Gasteiger partial charge is 0.343 e. The standard InChI is InChI=1S/C24H40N4O2S/c1-24(2,3)28-31(29,30)19-12-10-17(11-13-19)18-15-20-21(26-16-18)7-6-8-22(20)27-23-9-4-5-14-25-23/h10-13,18,20-23,25-28H,4-9,14-16H2,1-3H3/p+3. The molecule has 5 atom stereocenters. The second-order valence-corrected chi connectivity index (χ2v) is 12.8. The van der Waals surface area contributed by atoms with Crippen LogP contribution in [-0.2, 0) is 10.0 Å². The van der Waals surface area contributed by atoms with Crippen LogP contribution in [0.25, 0.3) is 0 Å². The molecule has 2 heterocycles. The molecule has 1 aromatic carbocycles. The first-order chi connectivity index (χ1) is 14.7. The first kappa shape index (κ1) is 23.2. The maximum absolute atomic E-state index is 12.6. The summed E-state index contributed by atoms with van der Waals surface area (Å²) in [6.07, 6.45) is 10.1. The van der Waals surface area contributed by atoms with Gasteiger partial charge < -0.3 is 5.32 Å². The smallest absolute Gasteiger partial charge is 0.241 e. The van der Waals surface area contributed by atoms with Crippen molar-refractivity contribution in [1.82, 2.24) is 4.72 Å². The van der Waals surface area contributed by atoms with Gasteiger partial charge in [-0.25, -0.2) is 13.1 Å². The first-order valence-electron chi connectivity index (χ1n) is 12.4. The average Bonchev–Trinajstić information content (AvgIpc) is 2.73. The van der Waals surface area contributed by atoms with Gasteiger partial charge in [-0.3, -0.25) is 10.6 Å². The third-order valence-corrected chi connectivity index (χ3v) is 9.29. The Hall–Kier alpha value is -0.990. The van der Waals surface area contributed by atoms with Crippen molar-refractivity contribution in [1.29, 1.82) is 0 Å². The van der Waals surface area contributed by atoms with Gasteiger partial charge in [0.25, 0.3) is 0 Å². The van der Waals surface area contributed by atoms with Crippen molar-refractivity contribution in [3.05, 3.63) is 29.8 Å². The Morgan fingerprint density at radius 1 is 1.00 bits per heavy atom. The van der Waals surface area contributed by atoms with Crippen LogP contribution in [0.15, 0.2) is 29.2 Å². The van der Waals surface area contributed by atoms with Crippen LogP contribution >= 0.6 is 0 Å². The summed E-state index contributed by atoms with van der Waals surface area (Å²) in [5.41, 5.74) is 0.811. The molecule has 0 amide bonds. The highest BCUT2D eigenvalue weighted by atomic mass is 32.2. The fourth-order valence-electron chi connectivity index (χ4n) is 6.10. The summed E-state index contributed by atoms with van der Waals surface area (Å²) in [7, 11) is -3.48. The van der Waals surface area contributed by atoms with Gasteiger partial charge in [0.1, 0.15) is 0 Å². The quantitative estimate of drug-likeness (QED) is 0.507. The molecule has 3 fully saturated rings. The number of benzene rings is 1. The lowest BCUT2D eigenvalue weighted by Gasteiger charge is -2.41. The van der Waals surface area contributed by atoms with Crippen LogP contribution in [0.5, 0.6) is 0 Å². The van der Waals surface area contributed by atoms with Gasteiger partial charge >= 0.3 is 0 Å². The number of hydrogen-bond donors (Lipinski definition) is 4. The average molecular weight is 452 g/mol. The number of fused-ring (bicyclic) bond motifs is 1. The maximum Gasteiger partial charge on any atom is 0.241 e. The molecule has 0 radical (unpaired) electrons. The van der Waals surface area contributed by atoms with Gasteiger partial charge in [0.15, 0.2) is 0 Å². The lowest BCUT2D eigenvalue weighted by molar-refractivity contribution is -0.925. The highest BCUT2D eigenvalue weighted by Gasteiger charge is 2.44. The van der Waals surface area contributed by atoms with Crippen molar-refractivity contribution in [2.75, 3.05) is 13.1 Å². The van der Waals surface area contributed by atoms with E-state index in [9.17, 15) is 8.42 Å². The molecule has 1 aliphatic carbocycles. The van der Waals surface area contributed by atoms with Gasteiger partial charge in [-0.2, -0.15) is 0 Å². The molecule has 31 heavy (non-hydrogen) atoms. The Kier molecular flexibility index (Phi) is 7.08. The number of nitrogens with one attached hydrogen (secondary N) is 1. The van der Waals surface area contributed by atoms with Crippen molar-refractivity contribution < 1.29 is 24.4 Å². The van der Waals surface area contributed by atoms with E-state index in [-0.39, 0.29) is 0 Å². The number of sulfonamides is 1. The van der Waals surface area contributed by atoms with Gasteiger partial charge in [-0.15, -0.1) is 0 Å². The van der Waals surface area contributed by atoms with Gasteiger partial charge in [0.2, 0.25) is 16.2 Å². The van der Waals surface area contributed by atoms with E-state index in [4.69, 9.17) is 0 Å². The molecule has 2 saturated heterocycles. The van der Waals surface area contributed by atoms with Gasteiger partial charge in [-0.05, 0) is 64.2 Å². The number of quaternary nitrogens is 3. The van der Waals surface area contributed by atoms with Crippen molar-refractivity contribution in [3.8, 4) is 0 Å². The molecule has 6 nitrogen and oxygen atoms in total. The minimum Gasteiger partial charge on any atom is -0.343 e. The number of rotatable bonds is 5. The molecule has 174 valence electrons. The predicted octanol–water partition coefficient (Wildman–Crippen LogP) is -0.0118. The fourth-order valence-corrected chi connectivity index (χ4v) is 7.52. The Labute approximate surface area is 188 Å². The summed E-state index contributed by atoms with van der Waals surface area (Å²) >= 11 is 0. The van der Waals surface area contributed by atoms with E-state index in [1.165, 1.54) is 57.1 Å². The first-order valence-corrected chi connectivity index (χ1v) is 13.9. The molecule has 7 heteroatoms. The summed E-state index contributed by atoms with van der Waals surface area (Å²) in [6, 6.07) is 9.19. The molecule has 5 unspecified atom stereocenters. The van der Waals surface area contributed by atoms with Gasteiger partial charge in [0, 0.05) is 24.3 Å². The zero-order chi connectivity index (χ0) is 22.1. The zero-order valence-corrected chi connectivity index (χ0v) is 20.3. The second-order valence-electron chi connectivity index (χ2n) is 11.1. The lowest BCUT2D eigenvalue weighted by Crippen LogP contribution is -3.16. The molecular weight excluding hydrogens is 408 g/mol. The molecule has 0 spiro atoms. The van der Waals surface area contributed by atoms with Crippen LogP contribution in [0.2, 0.25) is 0 Å². The molecule has 4 rings (SSSR count). The zero-order valence-electron chi connectivity index (χ0n) is 19.5. The third kappa shape index (κ3) is 5.88. The Bertz CT molecular complexity index is 828. The van der Waals surface area contributed by atoms with E-state index in [1.54, 1.807) is 12.1 Å². The Balaban J connectivity index is 1.43. The monoisotopic (exact) mass is 451 g/mol. The van der Waals surface area contributed by atoms with E-state index < -0.39 is 15.6 Å². The molecule has 0 bridgehead atoms. The highest BCUT2D eigenvalue weighted by Crippen LogP contribution is 2.33. The lowest BCUT2D eigenvalue weighted by atomic mass is 9.71. The van der Waals surface area contributed by atoms with Gasteiger partial charge in [-0.1, -0.05) is 12.1 Å². The molecule has 2 aliphatic heterocycles. The fraction of sp³-hybridized carbons (Fsp3) is 0.750. The van der Waals surface area contributed by atoms with Crippen LogP contribution in [0.1, 0.15) is 77.2 Å². The molecule has 0 aromatic heterocycles. The van der Waals surface area contributed by atoms with Crippen LogP contribution in [-0.4, -0.2) is 45.3 Å². The number of piperidine rings is 2. The van der Waals surface area contributed by atoms with Gasteiger partial charge in [0.05, 0.1) is 42.4 Å². The molecule has 1 saturated carbocycles. The normalized spacial score (nSPS) is 32.4. The Morgan fingerprint density at radius 3 is 2.45 bits per heavy atom. The van der Waals surface area contributed by atoms with Crippen molar-refractivity contribution in [2.45, 2.75) is 100 Å². The summed E-state index contributed by atoms with van der Waals surface area (Å²) in [4.78, 5) is 0.362. The van der Waals surface area contributed by atoms with Crippen LogP contribution in [0, 0.1) is 5.92 Å². The van der Waals surface area contributed by atoms with E-state index in [2.05, 4.69) is 20.7 Å². The molecule has 1 aromatic rings. The van der Waals surface area contributed by atoms with Crippen LogP contribution in [0.4, 0.5) is 0 Å². The van der Waals surface area contributed by atoms with Crippen molar-refractivity contribution >= 4 is 10.0 Å². The number of nitrogens with two attached hydrogens (primary N) is 3. The SMILES string of the molecule is CC(C)(C)NS(=O)(=O)c1ccc(C2C[NH2+]C3CCCC([NH2+]C4CCCC[NH2+]4)C3C2)cc1. The third-order valence-electron chi connectivity index (χ3n) is 7.51. The van der Waals surface area contributed by atoms with E-state index in [0.717, 1.165) is 30.7 Å². The van der Waals surface area contributed by atoms with Crippen LogP contribution in [0.3, 0.4) is 0 Å². The highest BCUT2D eigenvalue weighted by molar-refractivity contribution is 7.89. The summed E-state index contributed by atoms with van der Waals surface area (Å²) in [5, 5.41) is 7.86. The van der Waals surface area contributed by atoms with Crippen molar-refractivity contribution in [3.63, 3.8) is 0 Å². The predicted molar refractivity (Wildman–Crippen MR) is 122 cm³/mol. The van der Waals surface area contributed by atoms with Crippen LogP contribution < -0.4 is 20.7 Å². The number of hydrogen-bond acceptors (Lipinski definition) is 2. The molecule has 7 N–H and O–H groups in total. The second kappa shape index (κ2) is 9.48. The van der Waals surface area contributed by atoms with E-state index >= 15 is 0 Å². The minimum absolute atomic E-state index is 0.362. The van der Waals surface area contributed by atoms with Crippen molar-refractivity contribution in [2.24, 2.45) is 5.92 Å². The molecule has 3 aliphatic rings.